The molecule has 0 saturated heterocycles. The molecule has 5 aromatic rings. The van der Waals surface area contributed by atoms with Gasteiger partial charge in [-0.3, -0.25) is 14.0 Å². The van der Waals surface area contributed by atoms with E-state index in [4.69, 9.17) is 4.98 Å². The second-order valence-electron chi connectivity index (χ2n) is 9.32. The maximum atomic E-state index is 13.5. The first-order valence-corrected chi connectivity index (χ1v) is 12.7. The van der Waals surface area contributed by atoms with Crippen molar-refractivity contribution in [3.8, 4) is 21.7 Å². The molecule has 38 heavy (non-hydrogen) atoms. The molecule has 3 aromatic heterocycles. The van der Waals surface area contributed by atoms with Gasteiger partial charge in [0, 0.05) is 36.8 Å². The Labute approximate surface area is 222 Å². The third-order valence-corrected chi connectivity index (χ3v) is 7.22. The molecule has 0 spiro atoms. The van der Waals surface area contributed by atoms with Gasteiger partial charge in [-0.25, -0.2) is 19.3 Å². The Hall–Kier alpha value is -4.44. The zero-order chi connectivity index (χ0) is 27.0. The quantitative estimate of drug-likeness (QED) is 0.323. The van der Waals surface area contributed by atoms with Gasteiger partial charge in [0.2, 0.25) is 0 Å². The van der Waals surface area contributed by atoms with E-state index in [0.29, 0.717) is 33.3 Å². The predicted octanol–water partition coefficient (Wildman–Crippen LogP) is 4.99. The van der Waals surface area contributed by atoms with Gasteiger partial charge in [-0.1, -0.05) is 17.4 Å². The average molecular weight is 529 g/mol. The van der Waals surface area contributed by atoms with Crippen molar-refractivity contribution in [2.24, 2.45) is 0 Å². The molecule has 0 saturated carbocycles. The number of aromatic nitrogens is 4. The number of benzene rings is 2. The van der Waals surface area contributed by atoms with Crippen molar-refractivity contribution in [1.82, 2.24) is 30.0 Å². The van der Waals surface area contributed by atoms with Gasteiger partial charge in [-0.05, 0) is 74.4 Å². The minimum atomic E-state index is -0.772. The largest absolute Gasteiger partial charge is 0.354 e. The average Bonchev–Trinajstić information content (AvgIpc) is 3.47. The molecule has 2 N–H and O–H groups in total. The van der Waals surface area contributed by atoms with E-state index in [1.54, 1.807) is 48.1 Å². The highest BCUT2D eigenvalue weighted by molar-refractivity contribution is 7.20. The van der Waals surface area contributed by atoms with Gasteiger partial charge in [-0.2, -0.15) is 0 Å². The number of halogens is 1. The van der Waals surface area contributed by atoms with E-state index in [2.05, 4.69) is 20.6 Å². The summed E-state index contributed by atoms with van der Waals surface area (Å²) in [5, 5.41) is 5.68. The van der Waals surface area contributed by atoms with E-state index in [1.807, 2.05) is 39.1 Å². The molecule has 0 radical (unpaired) electrons. The van der Waals surface area contributed by atoms with Crippen LogP contribution >= 0.6 is 11.3 Å². The fraction of sp³-hybridized carbons (Fsp3) is 0.179. The zero-order valence-electron chi connectivity index (χ0n) is 21.2. The third kappa shape index (κ3) is 4.66. The minimum Gasteiger partial charge on any atom is -0.354 e. The number of fused-ring (bicyclic) bond motifs is 1. The van der Waals surface area contributed by atoms with E-state index in [-0.39, 0.29) is 17.6 Å². The summed E-state index contributed by atoms with van der Waals surface area (Å²) in [6.07, 6.45) is 5.13. The van der Waals surface area contributed by atoms with Gasteiger partial charge >= 0.3 is 0 Å². The Morgan fingerprint density at radius 2 is 1.74 bits per heavy atom. The Kier molecular flexibility index (Phi) is 6.50. The zero-order valence-corrected chi connectivity index (χ0v) is 22.1. The van der Waals surface area contributed by atoms with Crippen LogP contribution in [0.25, 0.3) is 26.7 Å². The van der Waals surface area contributed by atoms with Crippen LogP contribution in [0.5, 0.6) is 0 Å². The summed E-state index contributed by atoms with van der Waals surface area (Å²) >= 11 is 1.40. The van der Waals surface area contributed by atoms with Crippen molar-refractivity contribution < 1.29 is 14.0 Å². The van der Waals surface area contributed by atoms with Crippen LogP contribution in [0.1, 0.15) is 46.1 Å². The van der Waals surface area contributed by atoms with Crippen LogP contribution in [-0.2, 0) is 5.54 Å². The van der Waals surface area contributed by atoms with Crippen LogP contribution < -0.4 is 10.6 Å². The van der Waals surface area contributed by atoms with E-state index in [0.717, 1.165) is 16.0 Å². The van der Waals surface area contributed by atoms with Gasteiger partial charge < -0.3 is 10.6 Å². The number of nitrogens with zero attached hydrogens (tertiary/aromatic N) is 4. The van der Waals surface area contributed by atoms with E-state index < -0.39 is 5.54 Å². The van der Waals surface area contributed by atoms with Crippen LogP contribution in [0, 0.1) is 12.7 Å². The Balaban J connectivity index is 1.52. The van der Waals surface area contributed by atoms with Crippen molar-refractivity contribution in [2.45, 2.75) is 26.3 Å². The standard InChI is InChI=1S/C28H25FN6O2S/c1-16-6-7-18(24(36)34-28(2,3)26-31-12-5-13-32-26)14-20(16)21-15-35-23(25(37)30-4)22(33-27(35)38-21)17-8-10-19(29)11-9-17/h5-15H,1-4H3,(H,30,37)(H,34,36). The molecule has 10 heteroatoms. The number of carbonyl (C=O) groups excluding carboxylic acids is 2. The fourth-order valence-corrected chi connectivity index (χ4v) is 5.24. The lowest BCUT2D eigenvalue weighted by atomic mass is 10.0. The first-order chi connectivity index (χ1) is 18.2. The summed E-state index contributed by atoms with van der Waals surface area (Å²) in [4.78, 5) is 40.8. The first kappa shape index (κ1) is 25.2. The monoisotopic (exact) mass is 528 g/mol. The molecule has 0 aliphatic rings. The number of hydrogen-bond acceptors (Lipinski definition) is 6. The maximum Gasteiger partial charge on any atom is 0.270 e. The molecular formula is C28H25FN6O2S. The van der Waals surface area contributed by atoms with Crippen LogP contribution in [0.2, 0.25) is 0 Å². The van der Waals surface area contributed by atoms with Crippen molar-refractivity contribution >= 4 is 28.1 Å². The van der Waals surface area contributed by atoms with Crippen molar-refractivity contribution in [3.63, 3.8) is 0 Å². The molecule has 0 bridgehead atoms. The molecule has 0 unspecified atom stereocenters. The summed E-state index contributed by atoms with van der Waals surface area (Å²) in [7, 11) is 1.55. The van der Waals surface area contributed by atoms with Gasteiger partial charge in [-0.15, -0.1) is 0 Å². The smallest absolute Gasteiger partial charge is 0.270 e. The third-order valence-electron chi connectivity index (χ3n) is 6.20. The van der Waals surface area contributed by atoms with Crippen molar-refractivity contribution in [1.29, 1.82) is 0 Å². The van der Waals surface area contributed by atoms with Crippen LogP contribution in [-0.4, -0.2) is 38.2 Å². The molecule has 0 fully saturated rings. The second kappa shape index (κ2) is 9.79. The highest BCUT2D eigenvalue weighted by atomic mass is 32.1. The van der Waals surface area contributed by atoms with Gasteiger partial charge in [0.25, 0.3) is 11.8 Å². The number of rotatable bonds is 6. The normalized spacial score (nSPS) is 11.5. The summed E-state index contributed by atoms with van der Waals surface area (Å²) in [6.45, 7) is 5.66. The van der Waals surface area contributed by atoms with Crippen LogP contribution in [0.3, 0.4) is 0 Å². The van der Waals surface area contributed by atoms with Crippen molar-refractivity contribution in [3.05, 3.63) is 95.6 Å². The van der Waals surface area contributed by atoms with E-state index in [1.165, 1.54) is 23.5 Å². The van der Waals surface area contributed by atoms with Gasteiger partial charge in [0.05, 0.1) is 10.4 Å². The lowest BCUT2D eigenvalue weighted by Gasteiger charge is -2.24. The van der Waals surface area contributed by atoms with E-state index in [9.17, 15) is 14.0 Å². The fourth-order valence-electron chi connectivity index (χ4n) is 4.18. The number of nitrogens with one attached hydrogen (secondary N) is 2. The summed E-state index contributed by atoms with van der Waals surface area (Å²) in [5.74, 6) is -0.414. The number of thiazole rings is 1. The molecule has 0 aliphatic carbocycles. The number of amides is 2. The molecule has 192 valence electrons. The van der Waals surface area contributed by atoms with Crippen molar-refractivity contribution in [2.75, 3.05) is 7.05 Å². The summed E-state index contributed by atoms with van der Waals surface area (Å²) < 4.78 is 15.2. The van der Waals surface area contributed by atoms with Crippen LogP contribution in [0.4, 0.5) is 4.39 Å². The molecule has 8 nitrogen and oxygen atoms in total. The summed E-state index contributed by atoms with van der Waals surface area (Å²) in [5.41, 5.74) is 3.00. The lowest BCUT2D eigenvalue weighted by molar-refractivity contribution is 0.0907. The lowest BCUT2D eigenvalue weighted by Crippen LogP contribution is -2.42. The van der Waals surface area contributed by atoms with Gasteiger partial charge in [0.15, 0.2) is 10.8 Å². The molecule has 0 aliphatic heterocycles. The topological polar surface area (TPSA) is 101 Å². The Morgan fingerprint density at radius 3 is 2.42 bits per heavy atom. The highest BCUT2D eigenvalue weighted by Crippen LogP contribution is 2.35. The highest BCUT2D eigenvalue weighted by Gasteiger charge is 2.27. The molecule has 3 heterocycles. The van der Waals surface area contributed by atoms with E-state index >= 15 is 0 Å². The molecular weight excluding hydrogens is 503 g/mol. The predicted molar refractivity (Wildman–Crippen MR) is 145 cm³/mol. The number of hydrogen-bond donors (Lipinski definition) is 2. The summed E-state index contributed by atoms with van der Waals surface area (Å²) in [6, 6.07) is 13.1. The molecule has 2 amide bonds. The Bertz CT molecular complexity index is 1660. The number of imidazole rings is 1. The minimum absolute atomic E-state index is 0.255. The number of aryl methyl sites for hydroxylation is 1. The number of carbonyl (C=O) groups is 2. The maximum absolute atomic E-state index is 13.5. The molecule has 5 rings (SSSR count). The second-order valence-corrected chi connectivity index (χ2v) is 10.3. The first-order valence-electron chi connectivity index (χ1n) is 11.9. The van der Waals surface area contributed by atoms with Crippen LogP contribution in [0.15, 0.2) is 67.1 Å². The Morgan fingerprint density at radius 1 is 1.03 bits per heavy atom. The molecule has 2 aromatic carbocycles. The SMILES string of the molecule is CNC(=O)c1c(-c2ccc(F)cc2)nc2sc(-c3cc(C(=O)NC(C)(C)c4ncccn4)ccc3C)cn12. The molecule has 0 atom stereocenters. The van der Waals surface area contributed by atoms with Gasteiger partial charge in [0.1, 0.15) is 17.2 Å².